The molecule has 148 valence electrons. The Hall–Kier alpha value is -2.17. The molecule has 0 fully saturated rings. The SMILES string of the molecule is C=C/C(=C\C=C/C)C(CNC(=O)C(N)CCCCNC)C1=CCC=CC=C1. The summed E-state index contributed by atoms with van der Waals surface area (Å²) in [5.74, 6) is -0.0366. The lowest BCUT2D eigenvalue weighted by Crippen LogP contribution is -2.42. The highest BCUT2D eigenvalue weighted by atomic mass is 16.2. The van der Waals surface area contributed by atoms with Gasteiger partial charge in [0.15, 0.2) is 0 Å². The van der Waals surface area contributed by atoms with Crippen molar-refractivity contribution < 1.29 is 4.79 Å². The minimum absolute atomic E-state index is 0.0512. The van der Waals surface area contributed by atoms with Crippen molar-refractivity contribution in [3.63, 3.8) is 0 Å². The molecule has 1 aliphatic rings. The van der Waals surface area contributed by atoms with Crippen molar-refractivity contribution >= 4 is 5.91 Å². The van der Waals surface area contributed by atoms with Crippen LogP contribution in [-0.2, 0) is 4.79 Å². The lowest BCUT2D eigenvalue weighted by molar-refractivity contribution is -0.122. The number of nitrogens with two attached hydrogens (primary N) is 1. The molecule has 4 heteroatoms. The van der Waals surface area contributed by atoms with Gasteiger partial charge in [-0.15, -0.1) is 0 Å². The second-order valence-electron chi connectivity index (χ2n) is 6.63. The van der Waals surface area contributed by atoms with Gasteiger partial charge in [0.25, 0.3) is 0 Å². The van der Waals surface area contributed by atoms with E-state index in [9.17, 15) is 4.79 Å². The van der Waals surface area contributed by atoms with Crippen LogP contribution in [0.15, 0.2) is 72.4 Å². The smallest absolute Gasteiger partial charge is 0.236 e. The van der Waals surface area contributed by atoms with Gasteiger partial charge in [0, 0.05) is 12.5 Å². The highest BCUT2D eigenvalue weighted by molar-refractivity contribution is 5.81. The quantitative estimate of drug-likeness (QED) is 0.364. The Balaban J connectivity index is 2.78. The molecule has 4 N–H and O–H groups in total. The summed E-state index contributed by atoms with van der Waals surface area (Å²) >= 11 is 0. The molecule has 0 heterocycles. The van der Waals surface area contributed by atoms with Crippen LogP contribution >= 0.6 is 0 Å². The molecule has 0 aromatic rings. The van der Waals surface area contributed by atoms with Crippen LogP contribution in [0.4, 0.5) is 0 Å². The van der Waals surface area contributed by atoms with Crippen molar-refractivity contribution in [3.05, 3.63) is 72.4 Å². The van der Waals surface area contributed by atoms with E-state index >= 15 is 0 Å². The third kappa shape index (κ3) is 8.85. The van der Waals surface area contributed by atoms with E-state index in [1.807, 2.05) is 44.4 Å². The third-order valence-electron chi connectivity index (χ3n) is 4.56. The van der Waals surface area contributed by atoms with Crippen LogP contribution in [0.1, 0.15) is 32.6 Å². The lowest BCUT2D eigenvalue weighted by atomic mass is 9.89. The average molecular weight is 370 g/mol. The number of amides is 1. The van der Waals surface area contributed by atoms with E-state index in [1.54, 1.807) is 0 Å². The predicted molar refractivity (Wildman–Crippen MR) is 116 cm³/mol. The number of hydrogen-bond acceptors (Lipinski definition) is 3. The standard InChI is InChI=1S/C23H35N3O/c1-4-6-13-19(5-2)21(20-14-9-7-8-10-15-20)18-26-23(27)22(24)16-11-12-17-25-3/h4-9,13-15,21-22,25H,2,10-12,16-18,24H2,1,3H3,(H,26,27)/b6-4-,19-13+. The van der Waals surface area contributed by atoms with Gasteiger partial charge in [-0.1, -0.05) is 67.7 Å². The van der Waals surface area contributed by atoms with Crippen molar-refractivity contribution in [2.45, 2.75) is 38.6 Å². The van der Waals surface area contributed by atoms with Gasteiger partial charge in [-0.3, -0.25) is 4.79 Å². The Kier molecular flexibility index (Phi) is 11.8. The molecule has 0 aromatic heterocycles. The van der Waals surface area contributed by atoms with Gasteiger partial charge in [-0.25, -0.2) is 0 Å². The summed E-state index contributed by atoms with van der Waals surface area (Å²) < 4.78 is 0. The maximum atomic E-state index is 12.4. The maximum Gasteiger partial charge on any atom is 0.236 e. The second-order valence-corrected chi connectivity index (χ2v) is 6.63. The molecule has 0 saturated heterocycles. The molecule has 0 aromatic carbocycles. The Morgan fingerprint density at radius 3 is 2.89 bits per heavy atom. The molecule has 4 nitrogen and oxygen atoms in total. The highest BCUT2D eigenvalue weighted by Crippen LogP contribution is 2.24. The van der Waals surface area contributed by atoms with Crippen LogP contribution in [0.25, 0.3) is 0 Å². The first-order valence-corrected chi connectivity index (χ1v) is 9.80. The molecule has 0 saturated carbocycles. The van der Waals surface area contributed by atoms with E-state index in [2.05, 4.69) is 41.5 Å². The van der Waals surface area contributed by atoms with Gasteiger partial charge >= 0.3 is 0 Å². The summed E-state index contributed by atoms with van der Waals surface area (Å²) in [7, 11) is 1.93. The normalized spacial score (nSPS) is 16.7. The molecule has 1 amide bonds. The number of allylic oxidation sites excluding steroid dienone is 9. The fourth-order valence-electron chi connectivity index (χ4n) is 2.95. The van der Waals surface area contributed by atoms with Crippen LogP contribution in [0.5, 0.6) is 0 Å². The van der Waals surface area contributed by atoms with E-state index in [0.29, 0.717) is 13.0 Å². The van der Waals surface area contributed by atoms with Crippen LogP contribution < -0.4 is 16.4 Å². The third-order valence-corrected chi connectivity index (χ3v) is 4.56. The Bertz CT molecular complexity index is 611. The van der Waals surface area contributed by atoms with Crippen molar-refractivity contribution in [3.8, 4) is 0 Å². The molecule has 0 bridgehead atoms. The molecular formula is C23H35N3O. The van der Waals surface area contributed by atoms with Crippen molar-refractivity contribution in [2.75, 3.05) is 20.1 Å². The molecule has 0 aliphatic heterocycles. The summed E-state index contributed by atoms with van der Waals surface area (Å²) in [5.41, 5.74) is 8.32. The van der Waals surface area contributed by atoms with Crippen LogP contribution in [-0.4, -0.2) is 32.1 Å². The largest absolute Gasteiger partial charge is 0.354 e. The van der Waals surface area contributed by atoms with Crippen molar-refractivity contribution in [1.29, 1.82) is 0 Å². The lowest BCUT2D eigenvalue weighted by Gasteiger charge is -2.22. The molecule has 2 atom stereocenters. The predicted octanol–water partition coefficient (Wildman–Crippen LogP) is 3.57. The number of nitrogens with one attached hydrogen (secondary N) is 2. The molecule has 0 spiro atoms. The van der Waals surface area contributed by atoms with Crippen LogP contribution in [0.3, 0.4) is 0 Å². The Labute approximate surface area is 164 Å². The van der Waals surface area contributed by atoms with Gasteiger partial charge in [-0.2, -0.15) is 0 Å². The van der Waals surface area contributed by atoms with E-state index in [-0.39, 0.29) is 11.8 Å². The zero-order chi connectivity index (χ0) is 19.9. The molecular weight excluding hydrogens is 334 g/mol. The second kappa shape index (κ2) is 14.0. The van der Waals surface area contributed by atoms with E-state index in [0.717, 1.165) is 31.4 Å². The highest BCUT2D eigenvalue weighted by Gasteiger charge is 2.19. The van der Waals surface area contributed by atoms with Gasteiger partial charge in [-0.05, 0) is 50.9 Å². The monoisotopic (exact) mass is 369 g/mol. The zero-order valence-electron chi connectivity index (χ0n) is 16.8. The minimum Gasteiger partial charge on any atom is -0.354 e. The average Bonchev–Trinajstić information content (AvgIpc) is 2.96. The molecule has 27 heavy (non-hydrogen) atoms. The zero-order valence-corrected chi connectivity index (χ0v) is 16.8. The van der Waals surface area contributed by atoms with Crippen molar-refractivity contribution in [1.82, 2.24) is 10.6 Å². The van der Waals surface area contributed by atoms with Gasteiger partial charge in [0.2, 0.25) is 5.91 Å². The molecule has 1 aliphatic carbocycles. The summed E-state index contributed by atoms with van der Waals surface area (Å²) in [5, 5.41) is 6.15. The minimum atomic E-state index is -0.463. The Morgan fingerprint density at radius 2 is 2.19 bits per heavy atom. The van der Waals surface area contributed by atoms with Gasteiger partial charge in [0.05, 0.1) is 6.04 Å². The van der Waals surface area contributed by atoms with Gasteiger partial charge < -0.3 is 16.4 Å². The summed E-state index contributed by atoms with van der Waals surface area (Å²) in [6.07, 6.45) is 21.9. The van der Waals surface area contributed by atoms with Crippen molar-refractivity contribution in [2.24, 2.45) is 11.7 Å². The Morgan fingerprint density at radius 1 is 1.37 bits per heavy atom. The number of carbonyl (C=O) groups excluding carboxylic acids is 1. The number of carbonyl (C=O) groups is 1. The van der Waals surface area contributed by atoms with Gasteiger partial charge in [0.1, 0.15) is 0 Å². The topological polar surface area (TPSA) is 67.2 Å². The van der Waals surface area contributed by atoms with E-state index in [1.165, 1.54) is 5.57 Å². The van der Waals surface area contributed by atoms with E-state index < -0.39 is 6.04 Å². The first-order valence-electron chi connectivity index (χ1n) is 9.80. The van der Waals surface area contributed by atoms with Crippen LogP contribution in [0, 0.1) is 5.92 Å². The summed E-state index contributed by atoms with van der Waals surface area (Å²) in [4.78, 5) is 12.4. The molecule has 0 radical (unpaired) electrons. The first kappa shape index (κ1) is 22.9. The number of unbranched alkanes of at least 4 members (excludes halogenated alkanes) is 1. The maximum absolute atomic E-state index is 12.4. The molecule has 1 rings (SSSR count). The summed E-state index contributed by atoms with van der Waals surface area (Å²) in [6.45, 7) is 7.40. The number of hydrogen-bond donors (Lipinski definition) is 3. The van der Waals surface area contributed by atoms with E-state index in [4.69, 9.17) is 5.73 Å². The first-order chi connectivity index (χ1) is 13.1. The van der Waals surface area contributed by atoms with Crippen LogP contribution in [0.2, 0.25) is 0 Å². The fourth-order valence-corrected chi connectivity index (χ4v) is 2.95. The fraction of sp³-hybridized carbons (Fsp3) is 0.435. The molecule has 2 unspecified atom stereocenters. The summed E-state index contributed by atoms with van der Waals surface area (Å²) in [6, 6.07) is -0.463. The number of rotatable bonds is 12.